The Morgan fingerprint density at radius 3 is 2.17 bits per heavy atom. The summed E-state index contributed by atoms with van der Waals surface area (Å²) >= 11 is 0. The molecule has 1 aliphatic carbocycles. The van der Waals surface area contributed by atoms with E-state index >= 15 is 0 Å². The van der Waals surface area contributed by atoms with Gasteiger partial charge in [-0.15, -0.1) is 0 Å². The minimum absolute atomic E-state index is 0.109. The van der Waals surface area contributed by atoms with Crippen molar-refractivity contribution in [1.29, 1.82) is 0 Å². The predicted octanol–water partition coefficient (Wildman–Crippen LogP) is 7.57. The zero-order chi connectivity index (χ0) is 28.7. The molecule has 2 aromatic rings. The first-order valence-corrected chi connectivity index (χ1v) is 15.2. The smallest absolute Gasteiger partial charge is 0.303 e. The molecule has 220 valence electrons. The third-order valence-corrected chi connectivity index (χ3v) is 8.28. The van der Waals surface area contributed by atoms with Crippen molar-refractivity contribution in [1.82, 2.24) is 4.90 Å². The standard InChI is InChI=1S/C24H29NO3.C10H20O2/c1-27-22-14-19-13-20(24(26)21(19)15-23(22)28-2)12-17-8-10-25(11-9-17)16-18-6-4-3-5-7-18;1-2-3-4-5-6-7-8-9-10(11)12/h3-7,14-15,17,20H,8-13,16H2,1-2H3;2-9H2,1H3,(H,11,12). The van der Waals surface area contributed by atoms with E-state index in [1.807, 2.05) is 12.1 Å². The number of fused-ring (bicyclic) bond motifs is 1. The average molecular weight is 552 g/mol. The predicted molar refractivity (Wildman–Crippen MR) is 160 cm³/mol. The highest BCUT2D eigenvalue weighted by atomic mass is 16.5. The molecule has 0 spiro atoms. The van der Waals surface area contributed by atoms with E-state index in [-0.39, 0.29) is 11.7 Å². The van der Waals surface area contributed by atoms with Crippen LogP contribution in [-0.4, -0.2) is 49.1 Å². The number of hydrogen-bond donors (Lipinski definition) is 1. The minimum atomic E-state index is -0.663. The Kier molecular flexibility index (Phi) is 13.5. The number of carboxylic acids is 1. The molecular formula is C34H49NO5. The van der Waals surface area contributed by atoms with E-state index < -0.39 is 5.97 Å². The molecule has 1 atom stereocenters. The number of unbranched alkanes of at least 4 members (excludes halogenated alkanes) is 6. The van der Waals surface area contributed by atoms with Gasteiger partial charge >= 0.3 is 5.97 Å². The first-order chi connectivity index (χ1) is 19.4. The lowest BCUT2D eigenvalue weighted by Crippen LogP contribution is -2.34. The van der Waals surface area contributed by atoms with Crippen molar-refractivity contribution >= 4 is 11.8 Å². The van der Waals surface area contributed by atoms with Crippen LogP contribution < -0.4 is 9.47 Å². The maximum atomic E-state index is 12.9. The number of rotatable bonds is 14. The van der Waals surface area contributed by atoms with Crippen LogP contribution in [0.5, 0.6) is 11.5 Å². The molecule has 0 aromatic heterocycles. The number of carbonyl (C=O) groups excluding carboxylic acids is 1. The monoisotopic (exact) mass is 551 g/mol. The van der Waals surface area contributed by atoms with Crippen molar-refractivity contribution in [2.24, 2.45) is 11.8 Å². The number of piperidine rings is 1. The van der Waals surface area contributed by atoms with Crippen molar-refractivity contribution in [3.63, 3.8) is 0 Å². The van der Waals surface area contributed by atoms with E-state index in [0.29, 0.717) is 23.8 Å². The van der Waals surface area contributed by atoms with Crippen LogP contribution in [0.2, 0.25) is 0 Å². The quantitative estimate of drug-likeness (QED) is 0.244. The second-order valence-corrected chi connectivity index (χ2v) is 11.3. The maximum Gasteiger partial charge on any atom is 0.303 e. The zero-order valence-electron chi connectivity index (χ0n) is 24.8. The molecule has 2 aromatic carbocycles. The Hall–Kier alpha value is -2.86. The highest BCUT2D eigenvalue weighted by Gasteiger charge is 2.34. The second-order valence-electron chi connectivity index (χ2n) is 11.3. The molecule has 6 heteroatoms. The van der Waals surface area contributed by atoms with E-state index in [4.69, 9.17) is 14.6 Å². The zero-order valence-corrected chi connectivity index (χ0v) is 24.8. The third kappa shape index (κ3) is 9.96. The molecule has 1 fully saturated rings. The number of likely N-dealkylation sites (tertiary alicyclic amines) is 1. The van der Waals surface area contributed by atoms with Gasteiger partial charge in [0.05, 0.1) is 14.2 Å². The second kappa shape index (κ2) is 17.1. The number of ketones is 1. The summed E-state index contributed by atoms with van der Waals surface area (Å²) in [6, 6.07) is 14.5. The highest BCUT2D eigenvalue weighted by molar-refractivity contribution is 6.02. The number of hydrogen-bond acceptors (Lipinski definition) is 5. The van der Waals surface area contributed by atoms with Crippen molar-refractivity contribution < 1.29 is 24.2 Å². The van der Waals surface area contributed by atoms with Gasteiger partial charge in [0.1, 0.15) is 0 Å². The number of carboxylic acid groups (broad SMARTS) is 1. The van der Waals surface area contributed by atoms with Crippen LogP contribution in [0, 0.1) is 11.8 Å². The van der Waals surface area contributed by atoms with Crippen molar-refractivity contribution in [3.05, 3.63) is 59.2 Å². The number of carbonyl (C=O) groups is 2. The summed E-state index contributed by atoms with van der Waals surface area (Å²) in [6.07, 6.45) is 12.8. The summed E-state index contributed by atoms with van der Waals surface area (Å²) in [5.41, 5.74) is 3.31. The van der Waals surface area contributed by atoms with Gasteiger partial charge in [0.15, 0.2) is 17.3 Å². The van der Waals surface area contributed by atoms with Crippen molar-refractivity contribution in [3.8, 4) is 11.5 Å². The number of benzene rings is 2. The number of aliphatic carboxylic acids is 1. The summed E-state index contributed by atoms with van der Waals surface area (Å²) in [6.45, 7) is 5.47. The van der Waals surface area contributed by atoms with Crippen LogP contribution in [-0.2, 0) is 17.8 Å². The van der Waals surface area contributed by atoms with Gasteiger partial charge in [-0.1, -0.05) is 75.8 Å². The Morgan fingerprint density at radius 2 is 1.55 bits per heavy atom. The van der Waals surface area contributed by atoms with Gasteiger partial charge in [0, 0.05) is 24.4 Å². The van der Waals surface area contributed by atoms with E-state index in [0.717, 1.165) is 56.4 Å². The average Bonchev–Trinajstić information content (AvgIpc) is 3.27. The fourth-order valence-corrected chi connectivity index (χ4v) is 5.95. The minimum Gasteiger partial charge on any atom is -0.493 e. The molecule has 6 nitrogen and oxygen atoms in total. The molecule has 2 aliphatic rings. The van der Waals surface area contributed by atoms with Gasteiger partial charge in [-0.2, -0.15) is 0 Å². The summed E-state index contributed by atoms with van der Waals surface area (Å²) in [5.74, 6) is 1.72. The molecule has 1 saturated heterocycles. The molecule has 0 radical (unpaired) electrons. The molecule has 1 aliphatic heterocycles. The summed E-state index contributed by atoms with van der Waals surface area (Å²) < 4.78 is 10.8. The Labute approximate surface area is 241 Å². The topological polar surface area (TPSA) is 76.1 Å². The Morgan fingerprint density at radius 1 is 0.925 bits per heavy atom. The molecule has 40 heavy (non-hydrogen) atoms. The number of nitrogens with zero attached hydrogens (tertiary/aromatic N) is 1. The third-order valence-electron chi connectivity index (χ3n) is 8.28. The van der Waals surface area contributed by atoms with Gasteiger partial charge in [0.25, 0.3) is 0 Å². The van der Waals surface area contributed by atoms with Gasteiger partial charge in [-0.3, -0.25) is 14.5 Å². The summed E-state index contributed by atoms with van der Waals surface area (Å²) in [5, 5.41) is 8.35. The molecule has 1 unspecified atom stereocenters. The first kappa shape index (κ1) is 31.7. The molecular weight excluding hydrogens is 502 g/mol. The molecule has 4 rings (SSSR count). The van der Waals surface area contributed by atoms with Gasteiger partial charge < -0.3 is 14.6 Å². The molecule has 0 bridgehead atoms. The van der Waals surface area contributed by atoms with Crippen molar-refractivity contribution in [2.75, 3.05) is 27.3 Å². The van der Waals surface area contributed by atoms with Crippen LogP contribution in [0.15, 0.2) is 42.5 Å². The van der Waals surface area contributed by atoms with Crippen molar-refractivity contribution in [2.45, 2.75) is 90.5 Å². The van der Waals surface area contributed by atoms with Crippen LogP contribution in [0.4, 0.5) is 0 Å². The Balaban J connectivity index is 0.000000312. The molecule has 0 amide bonds. The number of methoxy groups -OCH3 is 2. The lowest BCUT2D eigenvalue weighted by molar-refractivity contribution is -0.137. The van der Waals surface area contributed by atoms with E-state index in [2.05, 4.69) is 42.2 Å². The van der Waals surface area contributed by atoms with Gasteiger partial charge in [0.2, 0.25) is 0 Å². The van der Waals surface area contributed by atoms with E-state index in [9.17, 15) is 9.59 Å². The SMILES string of the molecule is CCCCCCCCCC(=O)O.COc1cc2c(cc1OC)C(=O)C(CC1CCN(Cc3ccccc3)CC1)C2. The van der Waals surface area contributed by atoms with Crippen LogP contribution in [0.25, 0.3) is 0 Å². The largest absolute Gasteiger partial charge is 0.493 e. The van der Waals surface area contributed by atoms with Crippen LogP contribution in [0.1, 0.15) is 99.0 Å². The maximum absolute atomic E-state index is 12.9. The number of ether oxygens (including phenoxy) is 2. The lowest BCUT2D eigenvalue weighted by atomic mass is 9.85. The molecule has 0 saturated carbocycles. The highest BCUT2D eigenvalue weighted by Crippen LogP contribution is 2.39. The molecule has 1 N–H and O–H groups in total. The fraction of sp³-hybridized carbons (Fsp3) is 0.588. The van der Waals surface area contributed by atoms with Crippen LogP contribution >= 0.6 is 0 Å². The van der Waals surface area contributed by atoms with E-state index in [1.165, 1.54) is 50.5 Å². The first-order valence-electron chi connectivity index (χ1n) is 15.2. The fourth-order valence-electron chi connectivity index (χ4n) is 5.95. The lowest BCUT2D eigenvalue weighted by Gasteiger charge is -2.32. The molecule has 1 heterocycles. The Bertz CT molecular complexity index is 1050. The summed E-state index contributed by atoms with van der Waals surface area (Å²) in [7, 11) is 3.26. The van der Waals surface area contributed by atoms with E-state index in [1.54, 1.807) is 14.2 Å². The van der Waals surface area contributed by atoms with Gasteiger partial charge in [-0.25, -0.2) is 0 Å². The summed E-state index contributed by atoms with van der Waals surface area (Å²) in [4.78, 5) is 25.6. The number of Topliss-reactive ketones (excluding diaryl/α,β-unsaturated/α-hetero) is 1. The van der Waals surface area contributed by atoms with Gasteiger partial charge in [-0.05, 0) is 74.4 Å². The normalized spacial score (nSPS) is 17.2. The van der Waals surface area contributed by atoms with Crippen LogP contribution in [0.3, 0.4) is 0 Å².